The number of hydrogen-bond donors (Lipinski definition) is 2. The minimum atomic E-state index is -0.0944. The van der Waals surface area contributed by atoms with Crippen LogP contribution in [0, 0.1) is 0 Å². The Labute approximate surface area is 118 Å². The minimum absolute atomic E-state index is 0.0944. The molecule has 104 valence electrons. The first kappa shape index (κ1) is 14.2. The van der Waals surface area contributed by atoms with Gasteiger partial charge in [-0.1, -0.05) is 11.6 Å². The van der Waals surface area contributed by atoms with E-state index in [-0.39, 0.29) is 18.6 Å². The maximum Gasteiger partial charge on any atom is 0.238 e. The van der Waals surface area contributed by atoms with Crippen LogP contribution in [0.1, 0.15) is 25.7 Å². The predicted octanol–water partition coefficient (Wildman–Crippen LogP) is 2.82. The lowest BCUT2D eigenvalue weighted by atomic mass is 10.2. The molecule has 0 radical (unpaired) electrons. The van der Waals surface area contributed by atoms with Gasteiger partial charge in [-0.05, 0) is 50.9 Å². The number of ether oxygens (including phenoxy) is 1. The number of likely N-dealkylation sites (N-methyl/N-ethyl adjacent to an activating group) is 1. The monoisotopic (exact) mass is 282 g/mol. The fourth-order valence-corrected chi connectivity index (χ4v) is 2.45. The highest BCUT2D eigenvalue weighted by Crippen LogP contribution is 2.31. The van der Waals surface area contributed by atoms with Crippen molar-refractivity contribution in [3.8, 4) is 5.75 Å². The van der Waals surface area contributed by atoms with Crippen molar-refractivity contribution in [1.82, 2.24) is 5.32 Å². The summed E-state index contributed by atoms with van der Waals surface area (Å²) in [6.45, 7) is 0.276. The van der Waals surface area contributed by atoms with Gasteiger partial charge in [-0.25, -0.2) is 0 Å². The molecule has 0 spiro atoms. The molecular weight excluding hydrogens is 264 g/mol. The van der Waals surface area contributed by atoms with E-state index in [0.717, 1.165) is 12.8 Å². The highest BCUT2D eigenvalue weighted by molar-refractivity contribution is 6.32. The van der Waals surface area contributed by atoms with Crippen molar-refractivity contribution in [2.24, 2.45) is 0 Å². The van der Waals surface area contributed by atoms with Crippen molar-refractivity contribution >= 4 is 23.2 Å². The molecule has 5 heteroatoms. The van der Waals surface area contributed by atoms with E-state index in [1.54, 1.807) is 13.1 Å². The smallest absolute Gasteiger partial charge is 0.238 e. The molecule has 0 atom stereocenters. The van der Waals surface area contributed by atoms with Gasteiger partial charge < -0.3 is 15.4 Å². The van der Waals surface area contributed by atoms with E-state index in [9.17, 15) is 4.79 Å². The van der Waals surface area contributed by atoms with Crippen LogP contribution in [0.15, 0.2) is 18.2 Å². The summed E-state index contributed by atoms with van der Waals surface area (Å²) in [4.78, 5) is 11.4. The van der Waals surface area contributed by atoms with E-state index in [1.165, 1.54) is 12.8 Å². The molecular formula is C14H19ClN2O2. The number of carbonyl (C=O) groups excluding carboxylic acids is 1. The van der Waals surface area contributed by atoms with Gasteiger partial charge in [0.2, 0.25) is 5.91 Å². The third-order valence-corrected chi connectivity index (χ3v) is 3.44. The predicted molar refractivity (Wildman–Crippen MR) is 76.9 cm³/mol. The number of amides is 1. The summed E-state index contributed by atoms with van der Waals surface area (Å²) in [5, 5.41) is 6.09. The Bertz CT molecular complexity index is 445. The first-order valence-electron chi connectivity index (χ1n) is 6.59. The van der Waals surface area contributed by atoms with Crippen LogP contribution >= 0.6 is 11.6 Å². The number of carbonyl (C=O) groups is 1. The molecule has 1 fully saturated rings. The zero-order valence-electron chi connectivity index (χ0n) is 11.0. The van der Waals surface area contributed by atoms with E-state index < -0.39 is 0 Å². The number of halogens is 1. The van der Waals surface area contributed by atoms with Crippen LogP contribution in [0.3, 0.4) is 0 Å². The third-order valence-electron chi connectivity index (χ3n) is 3.15. The van der Waals surface area contributed by atoms with Gasteiger partial charge in [-0.15, -0.1) is 0 Å². The van der Waals surface area contributed by atoms with Crippen LogP contribution in [-0.4, -0.2) is 25.6 Å². The topological polar surface area (TPSA) is 50.4 Å². The quantitative estimate of drug-likeness (QED) is 0.873. The molecule has 0 heterocycles. The average Bonchev–Trinajstić information content (AvgIpc) is 2.86. The van der Waals surface area contributed by atoms with Crippen LogP contribution in [0.25, 0.3) is 0 Å². The summed E-state index contributed by atoms with van der Waals surface area (Å²) < 4.78 is 5.86. The molecule has 0 aliphatic heterocycles. The number of anilines is 1. The third kappa shape index (κ3) is 4.11. The van der Waals surface area contributed by atoms with Crippen molar-refractivity contribution in [2.75, 3.05) is 18.9 Å². The first-order chi connectivity index (χ1) is 9.19. The second kappa shape index (κ2) is 6.78. The van der Waals surface area contributed by atoms with Crippen LogP contribution < -0.4 is 15.4 Å². The number of rotatable bonds is 5. The van der Waals surface area contributed by atoms with Gasteiger partial charge in [0.25, 0.3) is 0 Å². The van der Waals surface area contributed by atoms with E-state index in [0.29, 0.717) is 16.5 Å². The molecule has 2 rings (SSSR count). The Morgan fingerprint density at radius 3 is 2.79 bits per heavy atom. The molecule has 19 heavy (non-hydrogen) atoms. The largest absolute Gasteiger partial charge is 0.489 e. The number of benzene rings is 1. The van der Waals surface area contributed by atoms with E-state index >= 15 is 0 Å². The van der Waals surface area contributed by atoms with Gasteiger partial charge in [-0.2, -0.15) is 0 Å². The molecule has 0 bridgehead atoms. The first-order valence-corrected chi connectivity index (χ1v) is 6.97. The maximum absolute atomic E-state index is 11.4. The summed E-state index contributed by atoms with van der Waals surface area (Å²) >= 11 is 6.18. The fourth-order valence-electron chi connectivity index (χ4n) is 2.23. The van der Waals surface area contributed by atoms with E-state index in [4.69, 9.17) is 16.3 Å². The van der Waals surface area contributed by atoms with Crippen molar-refractivity contribution in [2.45, 2.75) is 31.8 Å². The Morgan fingerprint density at radius 2 is 2.16 bits per heavy atom. The molecule has 4 nitrogen and oxygen atoms in total. The van der Waals surface area contributed by atoms with Gasteiger partial charge in [0, 0.05) is 5.69 Å². The molecule has 2 N–H and O–H groups in total. The van der Waals surface area contributed by atoms with E-state index in [2.05, 4.69) is 10.6 Å². The molecule has 1 aromatic rings. The van der Waals surface area contributed by atoms with Crippen LogP contribution in [0.2, 0.25) is 5.02 Å². The molecule has 0 aromatic heterocycles. The van der Waals surface area contributed by atoms with Crippen LogP contribution in [-0.2, 0) is 4.79 Å². The lowest BCUT2D eigenvalue weighted by molar-refractivity contribution is -0.115. The SMILES string of the molecule is CNCC(=O)Nc1ccc(OC2CCCC2)c(Cl)c1. The van der Waals surface area contributed by atoms with Gasteiger partial charge in [0.15, 0.2) is 0 Å². The molecule has 1 aliphatic rings. The Hall–Kier alpha value is -1.26. The van der Waals surface area contributed by atoms with Crippen molar-refractivity contribution in [1.29, 1.82) is 0 Å². The molecule has 0 unspecified atom stereocenters. The number of nitrogens with one attached hydrogen (secondary N) is 2. The molecule has 1 aromatic carbocycles. The highest BCUT2D eigenvalue weighted by Gasteiger charge is 2.17. The molecule has 1 saturated carbocycles. The molecule has 0 saturated heterocycles. The van der Waals surface area contributed by atoms with Gasteiger partial charge in [0.05, 0.1) is 17.7 Å². The Kier molecular flexibility index (Phi) is 5.05. The summed E-state index contributed by atoms with van der Waals surface area (Å²) in [7, 11) is 1.73. The lowest BCUT2D eigenvalue weighted by Gasteiger charge is -2.15. The standard InChI is InChI=1S/C14H19ClN2O2/c1-16-9-14(18)17-10-6-7-13(12(15)8-10)19-11-4-2-3-5-11/h6-8,11,16H,2-5,9H2,1H3,(H,17,18). The second-order valence-electron chi connectivity index (χ2n) is 4.75. The van der Waals surface area contributed by atoms with Crippen LogP contribution in [0.4, 0.5) is 5.69 Å². The summed E-state index contributed by atoms with van der Waals surface area (Å²) in [5.74, 6) is 0.600. The number of hydrogen-bond acceptors (Lipinski definition) is 3. The Balaban J connectivity index is 1.97. The van der Waals surface area contributed by atoms with Gasteiger partial charge in [0.1, 0.15) is 5.75 Å². The van der Waals surface area contributed by atoms with E-state index in [1.807, 2.05) is 12.1 Å². The van der Waals surface area contributed by atoms with Crippen LogP contribution in [0.5, 0.6) is 5.75 Å². The Morgan fingerprint density at radius 1 is 1.42 bits per heavy atom. The minimum Gasteiger partial charge on any atom is -0.489 e. The second-order valence-corrected chi connectivity index (χ2v) is 5.16. The zero-order chi connectivity index (χ0) is 13.7. The van der Waals surface area contributed by atoms with Crippen molar-refractivity contribution < 1.29 is 9.53 Å². The van der Waals surface area contributed by atoms with Crippen molar-refractivity contribution in [3.63, 3.8) is 0 Å². The summed E-state index contributed by atoms with van der Waals surface area (Å²) in [6, 6.07) is 5.35. The lowest BCUT2D eigenvalue weighted by Crippen LogP contribution is -2.25. The highest BCUT2D eigenvalue weighted by atomic mass is 35.5. The fraction of sp³-hybridized carbons (Fsp3) is 0.500. The maximum atomic E-state index is 11.4. The molecule has 1 aliphatic carbocycles. The zero-order valence-corrected chi connectivity index (χ0v) is 11.8. The molecule has 1 amide bonds. The van der Waals surface area contributed by atoms with Gasteiger partial charge >= 0.3 is 0 Å². The summed E-state index contributed by atoms with van der Waals surface area (Å²) in [5.41, 5.74) is 0.684. The van der Waals surface area contributed by atoms with Gasteiger partial charge in [-0.3, -0.25) is 4.79 Å². The van der Waals surface area contributed by atoms with Crippen molar-refractivity contribution in [3.05, 3.63) is 23.2 Å². The normalized spacial score (nSPS) is 15.5. The summed E-state index contributed by atoms with van der Waals surface area (Å²) in [6.07, 6.45) is 4.91. The average molecular weight is 283 g/mol.